The summed E-state index contributed by atoms with van der Waals surface area (Å²) >= 11 is 0. The summed E-state index contributed by atoms with van der Waals surface area (Å²) in [6, 6.07) is 0. The van der Waals surface area contributed by atoms with E-state index in [4.69, 9.17) is 9.84 Å². The quantitative estimate of drug-likeness (QED) is 0.543. The third-order valence-corrected chi connectivity index (χ3v) is 2.07. The van der Waals surface area contributed by atoms with Crippen LogP contribution >= 0.6 is 0 Å². The van der Waals surface area contributed by atoms with E-state index in [-0.39, 0.29) is 6.10 Å². The van der Waals surface area contributed by atoms with Crippen LogP contribution in [0.5, 0.6) is 0 Å². The molecule has 60 valence electrons. The number of aliphatic hydroxyl groups is 2. The molecule has 0 aromatic carbocycles. The Morgan fingerprint density at radius 2 is 2.00 bits per heavy atom. The van der Waals surface area contributed by atoms with Crippen molar-refractivity contribution in [2.24, 2.45) is 0 Å². The van der Waals surface area contributed by atoms with Gasteiger partial charge in [-0.2, -0.15) is 0 Å². The predicted octanol–water partition coefficient (Wildman–Crippen LogP) is -0.0929. The second kappa shape index (κ2) is 3.32. The van der Waals surface area contributed by atoms with Crippen LogP contribution in [0.3, 0.4) is 0 Å². The zero-order valence-corrected chi connectivity index (χ0v) is 6.16. The van der Waals surface area contributed by atoms with E-state index < -0.39 is 12.2 Å². The Bertz CT molecular complexity index is 105. The fourth-order valence-corrected chi connectivity index (χ4v) is 1.37. The fraction of sp³-hybridized carbons (Fsp3) is 1.00. The molecule has 3 nitrogen and oxygen atoms in total. The van der Waals surface area contributed by atoms with Gasteiger partial charge in [-0.15, -0.1) is 0 Å². The number of rotatable bonds is 1. The molecule has 0 heterocycles. The number of ether oxygens (including phenoxy) is 1. The minimum Gasteiger partial charge on any atom is -0.390 e. The first-order chi connectivity index (χ1) is 4.75. The van der Waals surface area contributed by atoms with E-state index >= 15 is 0 Å². The highest BCUT2D eigenvalue weighted by Crippen LogP contribution is 2.20. The topological polar surface area (TPSA) is 49.7 Å². The van der Waals surface area contributed by atoms with Gasteiger partial charge in [0.15, 0.2) is 0 Å². The van der Waals surface area contributed by atoms with Crippen molar-refractivity contribution in [3.8, 4) is 0 Å². The minimum atomic E-state index is -0.682. The molecule has 3 unspecified atom stereocenters. The molecule has 0 bridgehead atoms. The molecule has 0 aromatic rings. The molecule has 0 radical (unpaired) electrons. The maximum atomic E-state index is 9.26. The largest absolute Gasteiger partial charge is 0.390 e. The molecule has 1 aliphatic rings. The third-order valence-electron chi connectivity index (χ3n) is 2.07. The van der Waals surface area contributed by atoms with Gasteiger partial charge in [0.2, 0.25) is 0 Å². The van der Waals surface area contributed by atoms with Gasteiger partial charge in [-0.25, -0.2) is 0 Å². The van der Waals surface area contributed by atoms with E-state index in [1.165, 1.54) is 0 Å². The smallest absolute Gasteiger partial charge is 0.106 e. The molecule has 0 spiro atoms. The number of hydrogen-bond acceptors (Lipinski definition) is 3. The van der Waals surface area contributed by atoms with E-state index in [9.17, 15) is 5.11 Å². The summed E-state index contributed by atoms with van der Waals surface area (Å²) in [5, 5.41) is 18.4. The Balaban J connectivity index is 2.42. The Hall–Kier alpha value is -0.120. The molecule has 1 saturated carbocycles. The summed E-state index contributed by atoms with van der Waals surface area (Å²) in [6.45, 7) is 0. The van der Waals surface area contributed by atoms with Gasteiger partial charge in [0.25, 0.3) is 0 Å². The Morgan fingerprint density at radius 3 is 2.50 bits per heavy atom. The molecule has 1 aliphatic carbocycles. The van der Waals surface area contributed by atoms with Gasteiger partial charge in [-0.1, -0.05) is 0 Å². The van der Waals surface area contributed by atoms with Gasteiger partial charge in [-0.05, 0) is 19.3 Å². The van der Waals surface area contributed by atoms with Crippen LogP contribution in [0.15, 0.2) is 0 Å². The minimum absolute atomic E-state index is 0.163. The summed E-state index contributed by atoms with van der Waals surface area (Å²) in [4.78, 5) is 0. The summed E-state index contributed by atoms with van der Waals surface area (Å²) in [7, 11) is 1.56. The normalized spacial score (nSPS) is 41.7. The highest BCUT2D eigenvalue weighted by molar-refractivity contribution is 4.81. The van der Waals surface area contributed by atoms with Crippen molar-refractivity contribution >= 4 is 0 Å². The van der Waals surface area contributed by atoms with Crippen LogP contribution < -0.4 is 0 Å². The first-order valence-electron chi connectivity index (χ1n) is 3.64. The molecular formula is C7H14O3. The maximum Gasteiger partial charge on any atom is 0.106 e. The molecule has 0 amide bonds. The number of methoxy groups -OCH3 is 1. The van der Waals surface area contributed by atoms with Gasteiger partial charge < -0.3 is 14.9 Å². The Labute approximate surface area is 60.6 Å². The van der Waals surface area contributed by atoms with Gasteiger partial charge in [0.1, 0.15) is 6.10 Å². The van der Waals surface area contributed by atoms with Crippen molar-refractivity contribution in [2.75, 3.05) is 7.11 Å². The Morgan fingerprint density at radius 1 is 1.30 bits per heavy atom. The maximum absolute atomic E-state index is 9.26. The zero-order chi connectivity index (χ0) is 7.56. The highest BCUT2D eigenvalue weighted by atomic mass is 16.5. The highest BCUT2D eigenvalue weighted by Gasteiger charge is 2.29. The standard InChI is InChI=1S/C7H14O3/c1-10-6-4-2-3-5(8)7(6)9/h5-9H,2-4H2,1H3. The van der Waals surface area contributed by atoms with Gasteiger partial charge in [0, 0.05) is 7.11 Å². The summed E-state index contributed by atoms with van der Waals surface area (Å²) in [6.07, 6.45) is 1.06. The van der Waals surface area contributed by atoms with Crippen LogP contribution in [0.1, 0.15) is 19.3 Å². The van der Waals surface area contributed by atoms with E-state index in [2.05, 4.69) is 0 Å². The van der Waals surface area contributed by atoms with Crippen molar-refractivity contribution in [3.63, 3.8) is 0 Å². The zero-order valence-electron chi connectivity index (χ0n) is 6.16. The third kappa shape index (κ3) is 1.48. The van der Waals surface area contributed by atoms with Crippen molar-refractivity contribution in [2.45, 2.75) is 37.6 Å². The molecule has 1 rings (SSSR count). The van der Waals surface area contributed by atoms with Crippen molar-refractivity contribution < 1.29 is 14.9 Å². The molecule has 3 heteroatoms. The van der Waals surface area contributed by atoms with Crippen LogP contribution in [-0.2, 0) is 4.74 Å². The Kier molecular flexibility index (Phi) is 2.65. The average Bonchev–Trinajstić information content (AvgIpc) is 1.95. The lowest BCUT2D eigenvalue weighted by atomic mass is 9.92. The van der Waals surface area contributed by atoms with Crippen LogP contribution in [-0.4, -0.2) is 35.6 Å². The first-order valence-corrected chi connectivity index (χ1v) is 3.64. The van der Waals surface area contributed by atoms with Crippen LogP contribution in [0.4, 0.5) is 0 Å². The van der Waals surface area contributed by atoms with Crippen LogP contribution in [0, 0.1) is 0 Å². The molecule has 1 fully saturated rings. The van der Waals surface area contributed by atoms with Crippen LogP contribution in [0.25, 0.3) is 0 Å². The van der Waals surface area contributed by atoms with Gasteiger partial charge in [0.05, 0.1) is 12.2 Å². The monoisotopic (exact) mass is 146 g/mol. The van der Waals surface area contributed by atoms with E-state index in [0.717, 1.165) is 12.8 Å². The number of hydrogen-bond donors (Lipinski definition) is 2. The molecular weight excluding hydrogens is 132 g/mol. The van der Waals surface area contributed by atoms with Crippen molar-refractivity contribution in [1.29, 1.82) is 0 Å². The van der Waals surface area contributed by atoms with Crippen molar-refractivity contribution in [3.05, 3.63) is 0 Å². The lowest BCUT2D eigenvalue weighted by molar-refractivity contribution is -0.0993. The average molecular weight is 146 g/mol. The molecule has 0 aromatic heterocycles. The number of aliphatic hydroxyl groups excluding tert-OH is 2. The van der Waals surface area contributed by atoms with E-state index in [0.29, 0.717) is 6.42 Å². The van der Waals surface area contributed by atoms with Crippen molar-refractivity contribution in [1.82, 2.24) is 0 Å². The van der Waals surface area contributed by atoms with Gasteiger partial charge >= 0.3 is 0 Å². The SMILES string of the molecule is COC1CCCC(O)C1O. The first kappa shape index (κ1) is 7.98. The lowest BCUT2D eigenvalue weighted by Crippen LogP contribution is -2.41. The second-order valence-electron chi connectivity index (χ2n) is 2.76. The molecule has 2 N–H and O–H groups in total. The molecule has 10 heavy (non-hydrogen) atoms. The summed E-state index contributed by atoms with van der Waals surface area (Å²) in [5.74, 6) is 0. The van der Waals surface area contributed by atoms with Crippen LogP contribution in [0.2, 0.25) is 0 Å². The van der Waals surface area contributed by atoms with Gasteiger partial charge in [-0.3, -0.25) is 0 Å². The molecule has 0 saturated heterocycles. The second-order valence-corrected chi connectivity index (χ2v) is 2.76. The lowest BCUT2D eigenvalue weighted by Gasteiger charge is -2.30. The summed E-state index contributed by atoms with van der Waals surface area (Å²) in [5.41, 5.74) is 0. The van der Waals surface area contributed by atoms with E-state index in [1.807, 2.05) is 0 Å². The fourth-order valence-electron chi connectivity index (χ4n) is 1.37. The summed E-state index contributed by atoms with van der Waals surface area (Å²) < 4.78 is 4.96. The molecule has 3 atom stereocenters. The molecule has 0 aliphatic heterocycles. The predicted molar refractivity (Wildman–Crippen MR) is 36.7 cm³/mol. The van der Waals surface area contributed by atoms with E-state index in [1.54, 1.807) is 7.11 Å².